The van der Waals surface area contributed by atoms with Crippen molar-refractivity contribution in [3.05, 3.63) is 23.2 Å². The first-order valence-corrected chi connectivity index (χ1v) is 7.01. The van der Waals surface area contributed by atoms with Crippen molar-refractivity contribution >= 4 is 27.4 Å². The lowest BCUT2D eigenvalue weighted by molar-refractivity contribution is 0.769. The molecule has 0 saturated heterocycles. The Morgan fingerprint density at radius 3 is 2.89 bits per heavy atom. The van der Waals surface area contributed by atoms with Crippen molar-refractivity contribution in [2.75, 3.05) is 11.9 Å². The summed E-state index contributed by atoms with van der Waals surface area (Å²) < 4.78 is 1.76. The van der Waals surface area contributed by atoms with E-state index in [0.717, 1.165) is 28.3 Å². The maximum absolute atomic E-state index is 4.61. The van der Waals surface area contributed by atoms with Crippen molar-refractivity contribution in [2.45, 2.75) is 13.8 Å². The fourth-order valence-electron chi connectivity index (χ4n) is 1.99. The average Bonchev–Trinajstić information content (AvgIpc) is 2.94. The number of aryl methyl sites for hydroxylation is 2. The molecule has 0 aliphatic carbocycles. The summed E-state index contributed by atoms with van der Waals surface area (Å²) in [5.74, 6) is 1.56. The van der Waals surface area contributed by atoms with Crippen LogP contribution in [0.5, 0.6) is 0 Å². The summed E-state index contributed by atoms with van der Waals surface area (Å²) in [6.07, 6.45) is 1.90. The van der Waals surface area contributed by atoms with Crippen LogP contribution >= 0.6 is 11.3 Å². The van der Waals surface area contributed by atoms with E-state index >= 15 is 0 Å². The van der Waals surface area contributed by atoms with Crippen LogP contribution in [0.25, 0.3) is 21.7 Å². The van der Waals surface area contributed by atoms with Crippen molar-refractivity contribution in [1.29, 1.82) is 0 Å². The third-order valence-corrected chi connectivity index (χ3v) is 3.75. The van der Waals surface area contributed by atoms with Gasteiger partial charge in [-0.05, 0) is 26.0 Å². The van der Waals surface area contributed by atoms with Crippen molar-refractivity contribution in [3.63, 3.8) is 0 Å². The number of anilines is 1. The molecule has 0 aliphatic rings. The van der Waals surface area contributed by atoms with E-state index in [1.807, 2.05) is 19.3 Å². The summed E-state index contributed by atoms with van der Waals surface area (Å²) in [6, 6.07) is 4.05. The maximum atomic E-state index is 4.61. The summed E-state index contributed by atoms with van der Waals surface area (Å²) in [6.45, 7) is 4.98. The molecule has 0 fully saturated rings. The molecule has 0 unspecified atom stereocenters. The van der Waals surface area contributed by atoms with Crippen molar-refractivity contribution < 1.29 is 0 Å². The summed E-state index contributed by atoms with van der Waals surface area (Å²) in [5, 5.41) is 8.75. The van der Waals surface area contributed by atoms with Gasteiger partial charge in [0.2, 0.25) is 0 Å². The Kier molecular flexibility index (Phi) is 2.94. The minimum atomic E-state index is 0.672. The number of nitrogens with one attached hydrogen (secondary N) is 1. The van der Waals surface area contributed by atoms with Crippen LogP contribution in [0.3, 0.4) is 0 Å². The average molecular weight is 273 g/mol. The van der Waals surface area contributed by atoms with E-state index in [4.69, 9.17) is 0 Å². The van der Waals surface area contributed by atoms with Gasteiger partial charge in [0, 0.05) is 24.7 Å². The molecule has 98 valence electrons. The van der Waals surface area contributed by atoms with Crippen LogP contribution in [0.15, 0.2) is 18.3 Å². The quantitative estimate of drug-likeness (QED) is 0.797. The number of rotatable bonds is 3. The molecule has 5 nitrogen and oxygen atoms in total. The zero-order chi connectivity index (χ0) is 13.4. The summed E-state index contributed by atoms with van der Waals surface area (Å²) in [5.41, 5.74) is 0.801. The Bertz CT molecular complexity index is 728. The largest absolute Gasteiger partial charge is 0.370 e. The predicted octanol–water partition coefficient (Wildman–Crippen LogP) is 2.83. The lowest BCUT2D eigenvalue weighted by Gasteiger charge is -2.05. The monoisotopic (exact) mass is 273 g/mol. The second-order valence-corrected chi connectivity index (χ2v) is 5.61. The van der Waals surface area contributed by atoms with Crippen molar-refractivity contribution in [3.8, 4) is 11.5 Å². The van der Waals surface area contributed by atoms with E-state index in [2.05, 4.69) is 40.3 Å². The van der Waals surface area contributed by atoms with Crippen molar-refractivity contribution in [2.24, 2.45) is 7.05 Å². The first-order chi connectivity index (χ1) is 9.17. The molecule has 0 bridgehead atoms. The van der Waals surface area contributed by atoms with Crippen molar-refractivity contribution in [1.82, 2.24) is 19.7 Å². The fourth-order valence-corrected chi connectivity index (χ4v) is 2.87. The van der Waals surface area contributed by atoms with Crippen LogP contribution < -0.4 is 5.32 Å². The van der Waals surface area contributed by atoms with Gasteiger partial charge in [0.1, 0.15) is 16.3 Å². The highest BCUT2D eigenvalue weighted by Crippen LogP contribution is 2.30. The van der Waals surface area contributed by atoms with Gasteiger partial charge in [0.15, 0.2) is 5.82 Å². The third kappa shape index (κ3) is 2.19. The van der Waals surface area contributed by atoms with E-state index in [9.17, 15) is 0 Å². The van der Waals surface area contributed by atoms with Gasteiger partial charge >= 0.3 is 0 Å². The van der Waals surface area contributed by atoms with Gasteiger partial charge in [-0.2, -0.15) is 5.10 Å². The van der Waals surface area contributed by atoms with Gasteiger partial charge in [-0.15, -0.1) is 11.3 Å². The molecule has 3 aromatic heterocycles. The molecule has 0 aliphatic heterocycles. The standard InChI is InChI=1S/C13H15N5S/c1-4-14-11-9-7-8(2)19-13(9)16-12(15-11)10-5-6-18(3)17-10/h5-7H,4H2,1-3H3,(H,14,15,16). The molecule has 6 heteroatoms. The normalized spacial score (nSPS) is 11.1. The van der Waals surface area contributed by atoms with Crippen LogP contribution in [0, 0.1) is 6.92 Å². The van der Waals surface area contributed by atoms with Gasteiger partial charge < -0.3 is 5.32 Å². The Morgan fingerprint density at radius 2 is 2.21 bits per heavy atom. The van der Waals surface area contributed by atoms with Crippen LogP contribution in [-0.2, 0) is 7.05 Å². The number of hydrogen-bond acceptors (Lipinski definition) is 5. The van der Waals surface area contributed by atoms with E-state index in [-0.39, 0.29) is 0 Å². The smallest absolute Gasteiger partial charge is 0.183 e. The number of aromatic nitrogens is 4. The molecule has 0 spiro atoms. The number of hydrogen-bond donors (Lipinski definition) is 1. The minimum absolute atomic E-state index is 0.672. The Morgan fingerprint density at radius 1 is 1.37 bits per heavy atom. The molecule has 3 rings (SSSR count). The topological polar surface area (TPSA) is 55.6 Å². The lowest BCUT2D eigenvalue weighted by atomic mass is 10.3. The summed E-state index contributed by atoms with van der Waals surface area (Å²) >= 11 is 1.68. The van der Waals surface area contributed by atoms with Crippen LogP contribution in [-0.4, -0.2) is 26.3 Å². The number of thiophene rings is 1. The van der Waals surface area contributed by atoms with Gasteiger partial charge in [0.25, 0.3) is 0 Å². The Labute approximate surface area is 115 Å². The molecule has 0 aromatic carbocycles. The first kappa shape index (κ1) is 12.1. The van der Waals surface area contributed by atoms with Gasteiger partial charge in [-0.25, -0.2) is 9.97 Å². The molecule has 0 atom stereocenters. The molecule has 0 saturated carbocycles. The number of nitrogens with zero attached hydrogens (tertiary/aromatic N) is 4. The van der Waals surface area contributed by atoms with E-state index in [1.54, 1.807) is 16.0 Å². The van der Waals surface area contributed by atoms with E-state index in [0.29, 0.717) is 5.82 Å². The van der Waals surface area contributed by atoms with Gasteiger partial charge in [0.05, 0.1) is 5.39 Å². The van der Waals surface area contributed by atoms with Gasteiger partial charge in [-0.1, -0.05) is 0 Å². The molecule has 19 heavy (non-hydrogen) atoms. The second kappa shape index (κ2) is 4.62. The zero-order valence-corrected chi connectivity index (χ0v) is 12.0. The maximum Gasteiger partial charge on any atom is 0.183 e. The van der Waals surface area contributed by atoms with E-state index in [1.165, 1.54) is 4.88 Å². The fraction of sp³-hybridized carbons (Fsp3) is 0.308. The molecule has 0 radical (unpaired) electrons. The van der Waals surface area contributed by atoms with Crippen LogP contribution in [0.4, 0.5) is 5.82 Å². The van der Waals surface area contributed by atoms with Gasteiger partial charge in [-0.3, -0.25) is 4.68 Å². The minimum Gasteiger partial charge on any atom is -0.370 e. The highest BCUT2D eigenvalue weighted by molar-refractivity contribution is 7.18. The van der Waals surface area contributed by atoms with E-state index < -0.39 is 0 Å². The van der Waals surface area contributed by atoms with Crippen LogP contribution in [0.2, 0.25) is 0 Å². The zero-order valence-electron chi connectivity index (χ0n) is 11.1. The summed E-state index contributed by atoms with van der Waals surface area (Å²) in [4.78, 5) is 11.5. The van der Waals surface area contributed by atoms with Crippen LogP contribution in [0.1, 0.15) is 11.8 Å². The second-order valence-electron chi connectivity index (χ2n) is 4.38. The summed E-state index contributed by atoms with van der Waals surface area (Å²) in [7, 11) is 1.89. The molecule has 0 amide bonds. The molecule has 3 aromatic rings. The molecule has 3 heterocycles. The molecule has 1 N–H and O–H groups in total. The molecular formula is C13H15N5S. The first-order valence-electron chi connectivity index (χ1n) is 6.19. The third-order valence-electron chi connectivity index (χ3n) is 2.80. The highest BCUT2D eigenvalue weighted by Gasteiger charge is 2.12. The molecular weight excluding hydrogens is 258 g/mol. The lowest BCUT2D eigenvalue weighted by Crippen LogP contribution is -2.02. The SMILES string of the molecule is CCNc1nc(-c2ccn(C)n2)nc2sc(C)cc12. The Hall–Kier alpha value is -1.95. The predicted molar refractivity (Wildman–Crippen MR) is 78.5 cm³/mol. The highest BCUT2D eigenvalue weighted by atomic mass is 32.1. The number of fused-ring (bicyclic) bond motifs is 1. The Balaban J connectivity index is 2.20.